The Bertz CT molecular complexity index is 236. The zero-order valence-corrected chi connectivity index (χ0v) is 12.3. The summed E-state index contributed by atoms with van der Waals surface area (Å²) in [5.74, 6) is 0.861. The first-order valence-corrected chi connectivity index (χ1v) is 8.36. The summed E-state index contributed by atoms with van der Waals surface area (Å²) in [6.45, 7) is 3.01. The van der Waals surface area contributed by atoms with Crippen molar-refractivity contribution in [2.24, 2.45) is 0 Å². The van der Waals surface area contributed by atoms with Crippen molar-refractivity contribution in [2.45, 2.75) is 69.6 Å². The molecule has 0 saturated carbocycles. The van der Waals surface area contributed by atoms with Gasteiger partial charge in [0.25, 0.3) is 0 Å². The number of carbonyl (C=O) groups is 1. The summed E-state index contributed by atoms with van der Waals surface area (Å²) in [7, 11) is 0. The quantitative estimate of drug-likeness (QED) is 0.669. The van der Waals surface area contributed by atoms with Gasteiger partial charge < -0.3 is 10.4 Å². The highest BCUT2D eigenvalue weighted by Crippen LogP contribution is 2.21. The lowest BCUT2D eigenvalue weighted by atomic mass is 10.1. The molecule has 106 valence electrons. The van der Waals surface area contributed by atoms with Gasteiger partial charge in [-0.25, -0.2) is 0 Å². The molecule has 0 aromatic carbocycles. The molecule has 4 heteroatoms. The summed E-state index contributed by atoms with van der Waals surface area (Å²) in [6.07, 6.45) is 8.58. The van der Waals surface area contributed by atoms with Gasteiger partial charge in [-0.3, -0.25) is 4.79 Å². The van der Waals surface area contributed by atoms with E-state index in [1.807, 2.05) is 0 Å². The van der Waals surface area contributed by atoms with Crippen molar-refractivity contribution in [3.8, 4) is 0 Å². The molecular weight excluding hydrogens is 246 g/mol. The van der Waals surface area contributed by atoms with Crippen LogP contribution in [0.2, 0.25) is 0 Å². The fourth-order valence-corrected chi connectivity index (χ4v) is 3.38. The van der Waals surface area contributed by atoms with Crippen LogP contribution in [-0.4, -0.2) is 34.7 Å². The minimum atomic E-state index is -0.247. The Hall–Kier alpha value is -0.220. The molecular formula is C14H27NO2S. The normalized spacial score (nSPS) is 22.3. The van der Waals surface area contributed by atoms with Crippen molar-refractivity contribution < 1.29 is 9.90 Å². The summed E-state index contributed by atoms with van der Waals surface area (Å²) in [5.41, 5.74) is 0. The molecule has 0 radical (unpaired) electrons. The monoisotopic (exact) mass is 273 g/mol. The van der Waals surface area contributed by atoms with E-state index in [1.165, 1.54) is 19.3 Å². The molecule has 2 unspecified atom stereocenters. The number of thioether (sulfide) groups is 1. The number of aliphatic hydroxyl groups excluding tert-OH is 1. The zero-order chi connectivity index (χ0) is 13.2. The van der Waals surface area contributed by atoms with Crippen LogP contribution in [0, 0.1) is 0 Å². The first kappa shape index (κ1) is 15.8. The van der Waals surface area contributed by atoms with Crippen LogP contribution < -0.4 is 5.32 Å². The number of unbranched alkanes of at least 4 members (excludes halogenated alkanes) is 3. The molecule has 1 fully saturated rings. The van der Waals surface area contributed by atoms with E-state index in [0.717, 1.165) is 38.6 Å². The molecule has 1 aliphatic rings. The van der Waals surface area contributed by atoms with Crippen LogP contribution in [0.15, 0.2) is 0 Å². The Morgan fingerprint density at radius 2 is 2.22 bits per heavy atom. The van der Waals surface area contributed by atoms with Gasteiger partial charge in [0.15, 0.2) is 0 Å². The van der Waals surface area contributed by atoms with Gasteiger partial charge in [0.2, 0.25) is 5.91 Å². The van der Waals surface area contributed by atoms with E-state index >= 15 is 0 Å². The maximum atomic E-state index is 11.7. The molecule has 0 aliphatic carbocycles. The fourth-order valence-electron chi connectivity index (χ4n) is 2.19. The van der Waals surface area contributed by atoms with E-state index in [-0.39, 0.29) is 17.3 Å². The lowest BCUT2D eigenvalue weighted by Crippen LogP contribution is -2.31. The molecule has 0 aromatic heterocycles. The minimum absolute atomic E-state index is 0.0535. The molecule has 1 aliphatic heterocycles. The second kappa shape index (κ2) is 9.68. The van der Waals surface area contributed by atoms with Gasteiger partial charge in [-0.15, -0.1) is 11.8 Å². The SMILES string of the molecule is CCCCCCC(O)CSC1CCCCNC1=O. The number of rotatable bonds is 8. The molecule has 0 bridgehead atoms. The Kier molecular flexibility index (Phi) is 8.51. The van der Waals surface area contributed by atoms with Crippen LogP contribution in [-0.2, 0) is 4.79 Å². The first-order valence-electron chi connectivity index (χ1n) is 7.31. The fraction of sp³-hybridized carbons (Fsp3) is 0.929. The first-order chi connectivity index (χ1) is 8.74. The topological polar surface area (TPSA) is 49.3 Å². The third-order valence-electron chi connectivity index (χ3n) is 3.37. The third-order valence-corrected chi connectivity index (χ3v) is 4.79. The van der Waals surface area contributed by atoms with E-state index < -0.39 is 0 Å². The lowest BCUT2D eigenvalue weighted by Gasteiger charge is -2.15. The van der Waals surface area contributed by atoms with Crippen LogP contribution in [0.4, 0.5) is 0 Å². The summed E-state index contributed by atoms with van der Waals surface area (Å²) in [4.78, 5) is 11.7. The van der Waals surface area contributed by atoms with Crippen LogP contribution in [0.25, 0.3) is 0 Å². The summed E-state index contributed by atoms with van der Waals surface area (Å²) in [6, 6.07) is 0. The Morgan fingerprint density at radius 3 is 3.00 bits per heavy atom. The van der Waals surface area contributed by atoms with Crippen molar-refractivity contribution >= 4 is 17.7 Å². The van der Waals surface area contributed by atoms with E-state index in [1.54, 1.807) is 11.8 Å². The van der Waals surface area contributed by atoms with Crippen molar-refractivity contribution in [1.82, 2.24) is 5.32 Å². The van der Waals surface area contributed by atoms with Crippen molar-refractivity contribution in [1.29, 1.82) is 0 Å². The standard InChI is InChI=1S/C14H27NO2S/c1-2-3-4-5-8-12(16)11-18-13-9-6-7-10-15-14(13)17/h12-13,16H,2-11H2,1H3,(H,15,17). The van der Waals surface area contributed by atoms with Crippen LogP contribution in [0.1, 0.15) is 58.3 Å². The Balaban J connectivity index is 2.12. The van der Waals surface area contributed by atoms with Gasteiger partial charge in [-0.1, -0.05) is 39.0 Å². The Morgan fingerprint density at radius 1 is 1.39 bits per heavy atom. The van der Waals surface area contributed by atoms with Gasteiger partial charge in [0.1, 0.15) is 0 Å². The van der Waals surface area contributed by atoms with Crippen molar-refractivity contribution in [2.75, 3.05) is 12.3 Å². The lowest BCUT2D eigenvalue weighted by molar-refractivity contribution is -0.120. The Labute approximate surface area is 115 Å². The second-order valence-electron chi connectivity index (χ2n) is 5.11. The molecule has 1 amide bonds. The number of aliphatic hydroxyl groups is 1. The van der Waals surface area contributed by atoms with Gasteiger partial charge in [-0.05, 0) is 19.3 Å². The number of hydrogen-bond donors (Lipinski definition) is 2. The van der Waals surface area contributed by atoms with Gasteiger partial charge in [-0.2, -0.15) is 0 Å². The minimum Gasteiger partial charge on any atom is -0.392 e. The molecule has 3 nitrogen and oxygen atoms in total. The average molecular weight is 273 g/mol. The molecule has 2 N–H and O–H groups in total. The predicted molar refractivity (Wildman–Crippen MR) is 77.9 cm³/mol. The highest BCUT2D eigenvalue weighted by Gasteiger charge is 2.21. The molecule has 0 aromatic rings. The summed E-state index contributed by atoms with van der Waals surface area (Å²) < 4.78 is 0. The second-order valence-corrected chi connectivity index (χ2v) is 6.35. The molecule has 1 rings (SSSR count). The van der Waals surface area contributed by atoms with Crippen LogP contribution >= 0.6 is 11.8 Å². The van der Waals surface area contributed by atoms with Gasteiger partial charge in [0, 0.05) is 12.3 Å². The summed E-state index contributed by atoms with van der Waals surface area (Å²) in [5, 5.41) is 12.9. The van der Waals surface area contributed by atoms with Crippen molar-refractivity contribution in [3.05, 3.63) is 0 Å². The smallest absolute Gasteiger partial charge is 0.233 e. The molecule has 18 heavy (non-hydrogen) atoms. The highest BCUT2D eigenvalue weighted by molar-refractivity contribution is 8.00. The molecule has 0 spiro atoms. The molecule has 2 atom stereocenters. The average Bonchev–Trinajstić information content (AvgIpc) is 2.57. The van der Waals surface area contributed by atoms with Gasteiger partial charge >= 0.3 is 0 Å². The predicted octanol–water partition coefficient (Wildman–Crippen LogP) is 2.72. The molecule has 1 heterocycles. The van der Waals surface area contributed by atoms with E-state index in [4.69, 9.17) is 0 Å². The number of nitrogens with one attached hydrogen (secondary N) is 1. The molecule has 1 saturated heterocycles. The number of hydrogen-bond acceptors (Lipinski definition) is 3. The summed E-state index contributed by atoms with van der Waals surface area (Å²) >= 11 is 1.63. The van der Waals surface area contributed by atoms with E-state index in [9.17, 15) is 9.90 Å². The highest BCUT2D eigenvalue weighted by atomic mass is 32.2. The van der Waals surface area contributed by atoms with Gasteiger partial charge in [0.05, 0.1) is 11.4 Å². The number of carbonyl (C=O) groups excluding carboxylic acids is 1. The maximum Gasteiger partial charge on any atom is 0.233 e. The number of amides is 1. The third kappa shape index (κ3) is 6.64. The zero-order valence-electron chi connectivity index (χ0n) is 11.5. The van der Waals surface area contributed by atoms with E-state index in [0.29, 0.717) is 5.75 Å². The van der Waals surface area contributed by atoms with Crippen LogP contribution in [0.3, 0.4) is 0 Å². The van der Waals surface area contributed by atoms with Crippen molar-refractivity contribution in [3.63, 3.8) is 0 Å². The van der Waals surface area contributed by atoms with E-state index in [2.05, 4.69) is 12.2 Å². The maximum absolute atomic E-state index is 11.7. The largest absolute Gasteiger partial charge is 0.392 e. The van der Waals surface area contributed by atoms with Crippen LogP contribution in [0.5, 0.6) is 0 Å².